The van der Waals surface area contributed by atoms with Crippen LogP contribution < -0.4 is 9.47 Å². The summed E-state index contributed by atoms with van der Waals surface area (Å²) in [6.07, 6.45) is 9.78. The first kappa shape index (κ1) is 31.6. The van der Waals surface area contributed by atoms with Crippen molar-refractivity contribution in [3.8, 4) is 11.5 Å². The predicted molar refractivity (Wildman–Crippen MR) is 169 cm³/mol. The van der Waals surface area contributed by atoms with E-state index in [1.807, 2.05) is 49.3 Å². The molecule has 0 amide bonds. The van der Waals surface area contributed by atoms with E-state index in [-0.39, 0.29) is 36.6 Å². The number of methoxy groups -OCH3 is 1. The zero-order chi connectivity index (χ0) is 30.7. The number of esters is 1. The quantitative estimate of drug-likeness (QED) is 0.207. The van der Waals surface area contributed by atoms with Gasteiger partial charge in [0.05, 0.1) is 13.5 Å². The van der Waals surface area contributed by atoms with Gasteiger partial charge in [0.1, 0.15) is 30.0 Å². The van der Waals surface area contributed by atoms with Gasteiger partial charge in [0, 0.05) is 19.4 Å². The first-order valence-corrected chi connectivity index (χ1v) is 16.2. The minimum Gasteiger partial charge on any atom is -0.497 e. The highest BCUT2D eigenvalue weighted by Gasteiger charge is 2.60. The molecule has 0 aliphatic heterocycles. The fraction of sp³-hybridized carbons (Fsp3) is 0.622. The summed E-state index contributed by atoms with van der Waals surface area (Å²) in [6.45, 7) is 5.69. The number of rotatable bonds is 15. The standard InChI is InChI=1S/C37H51NO5/c1-35-18-28-19-36(2,24-35)26-37(20-28,25-35)21-30(39)15-16-34(40)43-32(22-38(3)4)23-42-33-12-7-6-10-29(33)14-13-27-9-8-11-31(17-27)41-5/h6-12,17,28,32H,13-16,18-26H2,1-5H3/t28?,32-,35?,36?,37?/m0/s1. The second-order valence-corrected chi connectivity index (χ2v) is 15.0. The van der Waals surface area contributed by atoms with E-state index in [4.69, 9.17) is 14.2 Å². The molecule has 4 bridgehead atoms. The zero-order valence-corrected chi connectivity index (χ0v) is 27.0. The third kappa shape index (κ3) is 8.20. The predicted octanol–water partition coefficient (Wildman–Crippen LogP) is 7.07. The lowest BCUT2D eigenvalue weighted by molar-refractivity contribution is -0.158. The average Bonchev–Trinajstić information content (AvgIpc) is 2.91. The molecule has 2 unspecified atom stereocenters. The molecule has 6 heteroatoms. The van der Waals surface area contributed by atoms with Crippen LogP contribution in [0.1, 0.15) is 82.8 Å². The highest BCUT2D eigenvalue weighted by molar-refractivity contribution is 5.83. The number of Topliss-reactive ketones (excluding diaryl/α,β-unsaturated/α-hetero) is 1. The van der Waals surface area contributed by atoms with Crippen molar-refractivity contribution in [1.29, 1.82) is 0 Å². The molecule has 0 heterocycles. The Hall–Kier alpha value is -2.86. The third-order valence-electron chi connectivity index (χ3n) is 10.0. The summed E-state index contributed by atoms with van der Waals surface area (Å²) in [6, 6.07) is 16.2. The molecule has 0 aromatic heterocycles. The van der Waals surface area contributed by atoms with Gasteiger partial charge in [-0.1, -0.05) is 44.2 Å². The molecule has 234 valence electrons. The second-order valence-electron chi connectivity index (χ2n) is 15.0. The van der Waals surface area contributed by atoms with Crippen molar-refractivity contribution in [2.24, 2.45) is 22.2 Å². The number of ketones is 1. The lowest BCUT2D eigenvalue weighted by atomic mass is 9.39. The van der Waals surface area contributed by atoms with Gasteiger partial charge in [-0.3, -0.25) is 9.59 Å². The molecule has 0 radical (unpaired) electrons. The van der Waals surface area contributed by atoms with Gasteiger partial charge in [0.2, 0.25) is 0 Å². The van der Waals surface area contributed by atoms with Crippen molar-refractivity contribution in [3.05, 3.63) is 59.7 Å². The van der Waals surface area contributed by atoms with Crippen LogP contribution in [-0.4, -0.2) is 57.1 Å². The number of nitrogens with zero attached hydrogens (tertiary/aromatic N) is 1. The van der Waals surface area contributed by atoms with Gasteiger partial charge in [0.25, 0.3) is 0 Å². The Bertz CT molecular complexity index is 1270. The van der Waals surface area contributed by atoms with E-state index in [0.717, 1.165) is 35.8 Å². The fourth-order valence-corrected chi connectivity index (χ4v) is 9.55. The van der Waals surface area contributed by atoms with Gasteiger partial charge in [-0.15, -0.1) is 0 Å². The smallest absolute Gasteiger partial charge is 0.306 e. The Morgan fingerprint density at radius 3 is 2.37 bits per heavy atom. The molecule has 2 aromatic rings. The largest absolute Gasteiger partial charge is 0.497 e. The van der Waals surface area contributed by atoms with Gasteiger partial charge in [-0.05, 0) is 117 Å². The molecule has 43 heavy (non-hydrogen) atoms. The first-order chi connectivity index (χ1) is 20.5. The highest BCUT2D eigenvalue weighted by atomic mass is 16.6. The fourth-order valence-electron chi connectivity index (χ4n) is 9.55. The molecule has 6 rings (SSSR count). The number of likely N-dealkylation sites (N-methyl/N-ethyl adjacent to an activating group) is 1. The normalized spacial score (nSPS) is 28.1. The highest BCUT2D eigenvalue weighted by Crippen LogP contribution is 2.70. The second kappa shape index (κ2) is 13.0. The minimum absolute atomic E-state index is 0.133. The number of hydrogen-bond acceptors (Lipinski definition) is 6. The van der Waals surface area contributed by atoms with Crippen LogP contribution in [0, 0.1) is 22.2 Å². The van der Waals surface area contributed by atoms with Crippen LogP contribution in [0.5, 0.6) is 11.5 Å². The maximum absolute atomic E-state index is 13.2. The number of ether oxygens (including phenoxy) is 3. The third-order valence-corrected chi connectivity index (χ3v) is 10.0. The van der Waals surface area contributed by atoms with Gasteiger partial charge >= 0.3 is 5.97 Å². The molecular formula is C37H51NO5. The molecule has 0 spiro atoms. The Morgan fingerprint density at radius 2 is 1.67 bits per heavy atom. The molecule has 4 saturated carbocycles. The monoisotopic (exact) mass is 589 g/mol. The molecule has 4 aliphatic carbocycles. The van der Waals surface area contributed by atoms with E-state index in [1.54, 1.807) is 7.11 Å². The summed E-state index contributed by atoms with van der Waals surface area (Å²) in [5, 5.41) is 0. The summed E-state index contributed by atoms with van der Waals surface area (Å²) in [7, 11) is 5.60. The van der Waals surface area contributed by atoms with E-state index in [2.05, 4.69) is 32.0 Å². The van der Waals surface area contributed by atoms with Gasteiger partial charge in [-0.25, -0.2) is 0 Å². The van der Waals surface area contributed by atoms with Gasteiger partial charge in [0.15, 0.2) is 0 Å². The summed E-state index contributed by atoms with van der Waals surface area (Å²) in [5.41, 5.74) is 3.24. The molecule has 2 aromatic carbocycles. The first-order valence-electron chi connectivity index (χ1n) is 16.2. The van der Waals surface area contributed by atoms with E-state index < -0.39 is 6.10 Å². The molecular weight excluding hydrogens is 538 g/mol. The average molecular weight is 590 g/mol. The number of carbonyl (C=O) groups is 2. The number of hydrogen-bond donors (Lipinski definition) is 0. The van der Waals surface area contributed by atoms with Crippen LogP contribution in [0.15, 0.2) is 48.5 Å². The van der Waals surface area contributed by atoms with Crippen LogP contribution in [0.2, 0.25) is 0 Å². The minimum atomic E-state index is -0.424. The lowest BCUT2D eigenvalue weighted by Crippen LogP contribution is -2.55. The van der Waals surface area contributed by atoms with E-state index in [9.17, 15) is 9.59 Å². The van der Waals surface area contributed by atoms with Crippen molar-refractivity contribution in [1.82, 2.24) is 4.90 Å². The Morgan fingerprint density at radius 1 is 0.930 bits per heavy atom. The number of aryl methyl sites for hydroxylation is 2. The summed E-state index contributed by atoms with van der Waals surface area (Å²) in [5.74, 6) is 2.32. The van der Waals surface area contributed by atoms with Crippen molar-refractivity contribution in [3.63, 3.8) is 0 Å². The molecule has 0 saturated heterocycles. The molecule has 4 fully saturated rings. The maximum atomic E-state index is 13.2. The Labute approximate surface area is 258 Å². The Kier molecular flexibility index (Phi) is 9.55. The topological polar surface area (TPSA) is 65.1 Å². The molecule has 4 aliphatic rings. The maximum Gasteiger partial charge on any atom is 0.306 e. The summed E-state index contributed by atoms with van der Waals surface area (Å²) >= 11 is 0. The van der Waals surface area contributed by atoms with Gasteiger partial charge in [-0.2, -0.15) is 0 Å². The van der Waals surface area contributed by atoms with Crippen molar-refractivity contribution >= 4 is 11.8 Å². The SMILES string of the molecule is COc1cccc(CCc2ccccc2OC[C@H](CN(C)C)OC(=O)CCC(=O)CC23CC4CC(C)(CC(C)(C4)C2)C3)c1. The number of carbonyl (C=O) groups excluding carboxylic acids is 2. The number of para-hydroxylation sites is 1. The van der Waals surface area contributed by atoms with Crippen LogP contribution in [0.3, 0.4) is 0 Å². The van der Waals surface area contributed by atoms with Crippen molar-refractivity contribution < 1.29 is 23.8 Å². The molecule has 3 atom stereocenters. The van der Waals surface area contributed by atoms with E-state index in [1.165, 1.54) is 44.1 Å². The lowest BCUT2D eigenvalue weighted by Gasteiger charge is -2.65. The number of benzene rings is 2. The summed E-state index contributed by atoms with van der Waals surface area (Å²) in [4.78, 5) is 28.1. The Balaban J connectivity index is 1.12. The van der Waals surface area contributed by atoms with Crippen molar-refractivity contribution in [2.45, 2.75) is 90.6 Å². The molecule has 0 N–H and O–H groups in total. The zero-order valence-electron chi connectivity index (χ0n) is 27.0. The van der Waals surface area contributed by atoms with Crippen LogP contribution in [-0.2, 0) is 27.2 Å². The van der Waals surface area contributed by atoms with E-state index in [0.29, 0.717) is 23.8 Å². The van der Waals surface area contributed by atoms with Crippen molar-refractivity contribution in [2.75, 3.05) is 34.4 Å². The van der Waals surface area contributed by atoms with Crippen LogP contribution in [0.25, 0.3) is 0 Å². The van der Waals surface area contributed by atoms with Crippen LogP contribution in [0.4, 0.5) is 0 Å². The van der Waals surface area contributed by atoms with Crippen LogP contribution >= 0.6 is 0 Å². The molecule has 6 nitrogen and oxygen atoms in total. The summed E-state index contributed by atoms with van der Waals surface area (Å²) < 4.78 is 17.5. The van der Waals surface area contributed by atoms with Gasteiger partial charge < -0.3 is 19.1 Å². The van der Waals surface area contributed by atoms with E-state index >= 15 is 0 Å².